The summed E-state index contributed by atoms with van der Waals surface area (Å²) in [6, 6.07) is 8.32. The van der Waals surface area contributed by atoms with Gasteiger partial charge in [-0.15, -0.1) is 0 Å². The Morgan fingerprint density at radius 2 is 2.16 bits per heavy atom. The highest BCUT2D eigenvalue weighted by molar-refractivity contribution is 6.02. The van der Waals surface area contributed by atoms with Gasteiger partial charge in [0.25, 0.3) is 11.9 Å². The number of carbonyl (C=O) groups excluding carboxylic acids is 1. The van der Waals surface area contributed by atoms with Crippen LogP contribution in [-0.4, -0.2) is 30.1 Å². The summed E-state index contributed by atoms with van der Waals surface area (Å²) in [4.78, 5) is 19.0. The van der Waals surface area contributed by atoms with Gasteiger partial charge < -0.3 is 9.72 Å². The van der Waals surface area contributed by atoms with E-state index in [-0.39, 0.29) is 11.8 Å². The number of H-pyrrole nitrogens is 1. The van der Waals surface area contributed by atoms with E-state index in [0.717, 1.165) is 16.5 Å². The maximum Gasteiger partial charge on any atom is 0.292 e. The minimum Gasteiger partial charge on any atom is -0.451 e. The van der Waals surface area contributed by atoms with Gasteiger partial charge in [-0.05, 0) is 11.6 Å². The number of rotatable bonds is 2. The van der Waals surface area contributed by atoms with Crippen molar-refractivity contribution in [3.8, 4) is 0 Å². The van der Waals surface area contributed by atoms with Crippen LogP contribution in [0, 0.1) is 0 Å². The molecule has 1 aliphatic heterocycles. The summed E-state index contributed by atoms with van der Waals surface area (Å²) in [6.45, 7) is 1.98. The second kappa shape index (κ2) is 4.42. The van der Waals surface area contributed by atoms with Crippen LogP contribution in [0.1, 0.15) is 18.4 Å². The van der Waals surface area contributed by atoms with Gasteiger partial charge in [0.05, 0.1) is 0 Å². The van der Waals surface area contributed by atoms with Crippen LogP contribution in [0.2, 0.25) is 0 Å². The van der Waals surface area contributed by atoms with Crippen molar-refractivity contribution < 1.29 is 9.53 Å². The van der Waals surface area contributed by atoms with Crippen molar-refractivity contribution in [2.45, 2.75) is 18.9 Å². The number of benzene rings is 1. The highest BCUT2D eigenvalue weighted by atomic mass is 16.5. The summed E-state index contributed by atoms with van der Waals surface area (Å²) < 4.78 is 5.53. The second-order valence-electron chi connectivity index (χ2n) is 4.63. The van der Waals surface area contributed by atoms with Crippen molar-refractivity contribution in [1.29, 1.82) is 0 Å². The highest BCUT2D eigenvalue weighted by Gasteiger charge is 2.36. The molecule has 2 N–H and O–H groups in total. The lowest BCUT2D eigenvalue weighted by atomic mass is 9.94. The Bertz CT molecular complexity index is 660. The van der Waals surface area contributed by atoms with Crippen molar-refractivity contribution in [2.75, 3.05) is 7.05 Å². The lowest BCUT2D eigenvalue weighted by Crippen LogP contribution is -2.28. The molecule has 0 aliphatic carbocycles. The minimum atomic E-state index is -0.530. The largest absolute Gasteiger partial charge is 0.451 e. The minimum absolute atomic E-state index is 0.0459. The molecular formula is C14H15N3O2. The van der Waals surface area contributed by atoms with E-state index in [2.05, 4.69) is 15.3 Å². The van der Waals surface area contributed by atoms with E-state index in [4.69, 9.17) is 4.74 Å². The molecule has 1 saturated heterocycles. The topological polar surface area (TPSA) is 66.5 Å². The Morgan fingerprint density at radius 3 is 2.89 bits per heavy atom. The van der Waals surface area contributed by atoms with Crippen LogP contribution in [0.5, 0.6) is 0 Å². The zero-order chi connectivity index (χ0) is 13.4. The Morgan fingerprint density at radius 1 is 1.37 bits per heavy atom. The summed E-state index contributed by atoms with van der Waals surface area (Å²) >= 11 is 0. The van der Waals surface area contributed by atoms with Gasteiger partial charge in [0.1, 0.15) is 0 Å². The standard InChI is InChI=1S/C14H15N3O2/c1-8(12-13(18)17-14(15-2)19-12)10-7-16-11-6-4-3-5-9(10)11/h3-8,12,16H,1-2H3,(H,15,17,18)/t8-,12-/m0/s1. The van der Waals surface area contributed by atoms with E-state index in [1.165, 1.54) is 0 Å². The van der Waals surface area contributed by atoms with Crippen molar-refractivity contribution in [3.05, 3.63) is 36.0 Å². The molecule has 0 spiro atoms. The Labute approximate surface area is 110 Å². The number of para-hydroxylation sites is 1. The monoisotopic (exact) mass is 257 g/mol. The summed E-state index contributed by atoms with van der Waals surface area (Å²) in [6.07, 6.45) is 1.41. The van der Waals surface area contributed by atoms with Crippen LogP contribution in [0.4, 0.5) is 0 Å². The summed E-state index contributed by atoms with van der Waals surface area (Å²) in [5.41, 5.74) is 2.14. The predicted molar refractivity (Wildman–Crippen MR) is 73.1 cm³/mol. The normalized spacial score (nSPS) is 22.5. The Balaban J connectivity index is 1.96. The first-order chi connectivity index (χ1) is 9.20. The van der Waals surface area contributed by atoms with Crippen LogP contribution in [0.25, 0.3) is 10.9 Å². The molecule has 0 bridgehead atoms. The number of amidine groups is 1. The number of hydrogen-bond donors (Lipinski definition) is 2. The fourth-order valence-corrected chi connectivity index (χ4v) is 2.45. The third kappa shape index (κ3) is 1.87. The van der Waals surface area contributed by atoms with Crippen molar-refractivity contribution in [2.24, 2.45) is 4.99 Å². The van der Waals surface area contributed by atoms with Gasteiger partial charge in [0, 0.05) is 30.1 Å². The van der Waals surface area contributed by atoms with Gasteiger partial charge in [-0.1, -0.05) is 25.1 Å². The highest BCUT2D eigenvalue weighted by Crippen LogP contribution is 2.30. The molecule has 1 aliphatic rings. The van der Waals surface area contributed by atoms with E-state index >= 15 is 0 Å². The van der Waals surface area contributed by atoms with E-state index in [9.17, 15) is 4.79 Å². The third-order valence-corrected chi connectivity index (χ3v) is 3.50. The fraction of sp³-hybridized carbons (Fsp3) is 0.286. The Kier molecular flexibility index (Phi) is 2.74. The van der Waals surface area contributed by atoms with Gasteiger partial charge in [-0.3, -0.25) is 10.1 Å². The van der Waals surface area contributed by atoms with E-state index in [0.29, 0.717) is 6.02 Å². The molecule has 19 heavy (non-hydrogen) atoms. The first-order valence-corrected chi connectivity index (χ1v) is 6.21. The maximum atomic E-state index is 11.9. The zero-order valence-corrected chi connectivity index (χ0v) is 10.8. The lowest BCUT2D eigenvalue weighted by molar-refractivity contribution is -0.124. The van der Waals surface area contributed by atoms with Crippen molar-refractivity contribution in [1.82, 2.24) is 10.3 Å². The smallest absolute Gasteiger partial charge is 0.292 e. The summed E-state index contributed by atoms with van der Waals surface area (Å²) in [5.74, 6) is -0.186. The fourth-order valence-electron chi connectivity index (χ4n) is 2.45. The third-order valence-electron chi connectivity index (χ3n) is 3.50. The van der Waals surface area contributed by atoms with E-state index in [1.54, 1.807) is 7.05 Å². The number of aromatic nitrogens is 1. The molecule has 1 aromatic heterocycles. The molecule has 3 rings (SSSR count). The molecule has 1 aromatic carbocycles. The molecule has 0 radical (unpaired) electrons. The van der Waals surface area contributed by atoms with Gasteiger partial charge in [0.2, 0.25) is 0 Å². The number of hydrogen-bond acceptors (Lipinski definition) is 3. The van der Waals surface area contributed by atoms with Gasteiger partial charge in [-0.25, -0.2) is 4.99 Å². The van der Waals surface area contributed by atoms with Crippen LogP contribution in [-0.2, 0) is 9.53 Å². The number of nitrogens with zero attached hydrogens (tertiary/aromatic N) is 1. The molecule has 0 unspecified atom stereocenters. The molecule has 2 heterocycles. The number of carbonyl (C=O) groups is 1. The summed E-state index contributed by atoms with van der Waals surface area (Å²) in [7, 11) is 1.59. The Hall–Kier alpha value is -2.30. The maximum absolute atomic E-state index is 11.9. The molecular weight excluding hydrogens is 242 g/mol. The van der Waals surface area contributed by atoms with Gasteiger partial charge in [-0.2, -0.15) is 0 Å². The second-order valence-corrected chi connectivity index (χ2v) is 4.63. The van der Waals surface area contributed by atoms with Crippen molar-refractivity contribution in [3.63, 3.8) is 0 Å². The number of fused-ring (bicyclic) bond motifs is 1. The average molecular weight is 257 g/mol. The number of nitrogens with one attached hydrogen (secondary N) is 2. The SMILES string of the molecule is CN=C1NC(=O)[C@H]([C@@H](C)c2c[nH]c3ccccc23)O1. The zero-order valence-electron chi connectivity index (χ0n) is 10.8. The molecule has 1 amide bonds. The number of aliphatic imine (C=N–C) groups is 1. The first-order valence-electron chi connectivity index (χ1n) is 6.21. The molecule has 98 valence electrons. The van der Waals surface area contributed by atoms with Gasteiger partial charge >= 0.3 is 0 Å². The quantitative estimate of drug-likeness (QED) is 0.861. The molecule has 2 atom stereocenters. The molecule has 5 nitrogen and oxygen atoms in total. The number of ether oxygens (including phenoxy) is 1. The molecule has 2 aromatic rings. The van der Waals surface area contributed by atoms with Crippen LogP contribution >= 0.6 is 0 Å². The van der Waals surface area contributed by atoms with Crippen molar-refractivity contribution >= 4 is 22.8 Å². The molecule has 5 heteroatoms. The first kappa shape index (κ1) is 11.8. The number of aromatic amines is 1. The molecule has 0 saturated carbocycles. The lowest BCUT2D eigenvalue weighted by Gasteiger charge is -2.15. The summed E-state index contributed by atoms with van der Waals surface area (Å²) in [5, 5.41) is 3.74. The molecule has 1 fully saturated rings. The van der Waals surface area contributed by atoms with E-state index < -0.39 is 6.10 Å². The predicted octanol–water partition coefficient (Wildman–Crippen LogP) is 1.77. The average Bonchev–Trinajstić information content (AvgIpc) is 3.01. The van der Waals surface area contributed by atoms with Crippen LogP contribution in [0.15, 0.2) is 35.5 Å². The number of amides is 1. The van der Waals surface area contributed by atoms with Crippen LogP contribution < -0.4 is 5.32 Å². The van der Waals surface area contributed by atoms with Gasteiger partial charge in [0.15, 0.2) is 6.10 Å². The van der Waals surface area contributed by atoms with E-state index in [1.807, 2.05) is 37.4 Å². The van der Waals surface area contributed by atoms with Crippen LogP contribution in [0.3, 0.4) is 0 Å².